The standard InChI is InChI=1S/C14H17N3O3/c1-10(13(17-9-18)14(19)16-2)20-8-12-5-3-4-11(6-12)7-15/h3-6,9-10,13H,8H2,1-2H3,(H,16,19)(H,17,18). The van der Waals surface area contributed by atoms with Crippen molar-refractivity contribution in [1.82, 2.24) is 10.6 Å². The first-order chi connectivity index (χ1) is 9.62. The van der Waals surface area contributed by atoms with Gasteiger partial charge in [0.05, 0.1) is 24.3 Å². The van der Waals surface area contributed by atoms with Crippen LogP contribution in [0, 0.1) is 11.3 Å². The van der Waals surface area contributed by atoms with Crippen LogP contribution in [0.5, 0.6) is 0 Å². The van der Waals surface area contributed by atoms with Crippen LogP contribution in [-0.2, 0) is 20.9 Å². The van der Waals surface area contributed by atoms with Crippen molar-refractivity contribution in [3.8, 4) is 6.07 Å². The molecule has 0 saturated carbocycles. The zero-order chi connectivity index (χ0) is 15.0. The number of benzene rings is 1. The summed E-state index contributed by atoms with van der Waals surface area (Å²) in [6, 6.07) is 8.31. The van der Waals surface area contributed by atoms with Crippen LogP contribution in [0.25, 0.3) is 0 Å². The topological polar surface area (TPSA) is 91.2 Å². The van der Waals surface area contributed by atoms with Crippen molar-refractivity contribution in [2.24, 2.45) is 0 Å². The molecule has 6 nitrogen and oxygen atoms in total. The maximum Gasteiger partial charge on any atom is 0.245 e. The van der Waals surface area contributed by atoms with Crippen LogP contribution in [0.1, 0.15) is 18.1 Å². The molecule has 2 unspecified atom stereocenters. The van der Waals surface area contributed by atoms with Gasteiger partial charge in [-0.3, -0.25) is 9.59 Å². The van der Waals surface area contributed by atoms with E-state index in [-0.39, 0.29) is 12.5 Å². The molecular formula is C14H17N3O3. The fourth-order valence-corrected chi connectivity index (χ4v) is 1.71. The molecule has 0 saturated heterocycles. The number of likely N-dealkylation sites (N-methyl/N-ethyl adjacent to an activating group) is 1. The third-order valence-corrected chi connectivity index (χ3v) is 2.81. The second kappa shape index (κ2) is 7.92. The Labute approximate surface area is 117 Å². The molecule has 6 heteroatoms. The fourth-order valence-electron chi connectivity index (χ4n) is 1.71. The molecule has 2 N–H and O–H groups in total. The molecule has 1 aromatic rings. The number of hydrogen-bond donors (Lipinski definition) is 2. The lowest BCUT2D eigenvalue weighted by Crippen LogP contribution is -2.49. The molecule has 20 heavy (non-hydrogen) atoms. The Bertz CT molecular complexity index is 511. The van der Waals surface area contributed by atoms with Gasteiger partial charge in [0, 0.05) is 7.05 Å². The van der Waals surface area contributed by atoms with Crippen molar-refractivity contribution in [2.75, 3.05) is 7.05 Å². The largest absolute Gasteiger partial charge is 0.371 e. The predicted octanol–water partition coefficient (Wildman–Crippen LogP) is 0.324. The number of nitrogens with one attached hydrogen (secondary N) is 2. The van der Waals surface area contributed by atoms with Gasteiger partial charge in [-0.1, -0.05) is 12.1 Å². The number of hydrogen-bond acceptors (Lipinski definition) is 4. The predicted molar refractivity (Wildman–Crippen MR) is 72.5 cm³/mol. The molecule has 2 atom stereocenters. The Balaban J connectivity index is 2.64. The summed E-state index contributed by atoms with van der Waals surface area (Å²) >= 11 is 0. The first-order valence-electron chi connectivity index (χ1n) is 6.14. The second-order valence-electron chi connectivity index (χ2n) is 4.20. The van der Waals surface area contributed by atoms with Crippen molar-refractivity contribution in [3.05, 3.63) is 35.4 Å². The number of rotatable bonds is 7. The fraction of sp³-hybridized carbons (Fsp3) is 0.357. The Hall–Kier alpha value is -2.39. The number of nitriles is 1. The molecule has 0 aliphatic carbocycles. The minimum Gasteiger partial charge on any atom is -0.371 e. The van der Waals surface area contributed by atoms with Crippen molar-refractivity contribution >= 4 is 12.3 Å². The monoisotopic (exact) mass is 275 g/mol. The van der Waals surface area contributed by atoms with E-state index in [4.69, 9.17) is 10.00 Å². The molecule has 0 radical (unpaired) electrons. The van der Waals surface area contributed by atoms with Gasteiger partial charge >= 0.3 is 0 Å². The summed E-state index contributed by atoms with van der Waals surface area (Å²) in [4.78, 5) is 22.1. The van der Waals surface area contributed by atoms with Crippen molar-refractivity contribution in [2.45, 2.75) is 25.7 Å². The summed E-state index contributed by atoms with van der Waals surface area (Å²) in [6.07, 6.45) is -0.0262. The van der Waals surface area contributed by atoms with Gasteiger partial charge < -0.3 is 15.4 Å². The van der Waals surface area contributed by atoms with E-state index in [2.05, 4.69) is 10.6 Å². The maximum atomic E-state index is 11.6. The number of carbonyl (C=O) groups is 2. The molecule has 0 fully saturated rings. The van der Waals surface area contributed by atoms with Gasteiger partial charge in [-0.2, -0.15) is 5.26 Å². The quantitative estimate of drug-likeness (QED) is 0.701. The average Bonchev–Trinajstić information content (AvgIpc) is 2.49. The van der Waals surface area contributed by atoms with Gasteiger partial charge in [0.1, 0.15) is 6.04 Å². The minimum absolute atomic E-state index is 0.255. The summed E-state index contributed by atoms with van der Waals surface area (Å²) in [5.74, 6) is -0.324. The first kappa shape index (κ1) is 15.7. The highest BCUT2D eigenvalue weighted by molar-refractivity contribution is 5.83. The Kier molecular flexibility index (Phi) is 6.20. The number of ether oxygens (including phenoxy) is 1. The highest BCUT2D eigenvalue weighted by atomic mass is 16.5. The number of amides is 2. The van der Waals surface area contributed by atoms with E-state index in [1.54, 1.807) is 25.1 Å². The summed E-state index contributed by atoms with van der Waals surface area (Å²) < 4.78 is 5.57. The molecule has 0 aliphatic heterocycles. The number of carbonyl (C=O) groups excluding carboxylic acids is 2. The van der Waals surface area contributed by atoms with Gasteiger partial charge in [-0.15, -0.1) is 0 Å². The Morgan fingerprint density at radius 3 is 2.90 bits per heavy atom. The van der Waals surface area contributed by atoms with E-state index in [1.165, 1.54) is 7.05 Å². The molecule has 0 aliphatic rings. The Morgan fingerprint density at radius 1 is 1.55 bits per heavy atom. The normalized spacial score (nSPS) is 12.8. The number of nitrogens with zero attached hydrogens (tertiary/aromatic N) is 1. The van der Waals surface area contributed by atoms with Crippen LogP contribution in [0.3, 0.4) is 0 Å². The van der Waals surface area contributed by atoms with Crippen LogP contribution < -0.4 is 10.6 Å². The SMILES string of the molecule is CNC(=O)C(NC=O)C(C)OCc1cccc(C#N)c1. The smallest absolute Gasteiger partial charge is 0.245 e. The van der Waals surface area contributed by atoms with Crippen LogP contribution in [0.2, 0.25) is 0 Å². The Morgan fingerprint density at radius 2 is 2.30 bits per heavy atom. The van der Waals surface area contributed by atoms with Crippen molar-refractivity contribution in [1.29, 1.82) is 5.26 Å². The lowest BCUT2D eigenvalue weighted by Gasteiger charge is -2.22. The lowest BCUT2D eigenvalue weighted by molar-refractivity contribution is -0.129. The van der Waals surface area contributed by atoms with E-state index in [9.17, 15) is 9.59 Å². The van der Waals surface area contributed by atoms with Crippen molar-refractivity contribution in [3.63, 3.8) is 0 Å². The minimum atomic E-state index is -0.753. The molecule has 0 bridgehead atoms. The highest BCUT2D eigenvalue weighted by Crippen LogP contribution is 2.08. The third kappa shape index (κ3) is 4.37. The highest BCUT2D eigenvalue weighted by Gasteiger charge is 2.24. The van der Waals surface area contributed by atoms with Gasteiger partial charge in [0.2, 0.25) is 12.3 Å². The zero-order valence-corrected chi connectivity index (χ0v) is 11.4. The van der Waals surface area contributed by atoms with Crippen LogP contribution in [0.15, 0.2) is 24.3 Å². The molecule has 0 aromatic heterocycles. The third-order valence-electron chi connectivity index (χ3n) is 2.81. The van der Waals surface area contributed by atoms with Crippen LogP contribution in [0.4, 0.5) is 0 Å². The lowest BCUT2D eigenvalue weighted by atomic mass is 10.1. The summed E-state index contributed by atoms with van der Waals surface area (Å²) in [6.45, 7) is 1.95. The molecule has 2 amide bonds. The maximum absolute atomic E-state index is 11.6. The van der Waals surface area contributed by atoms with Gasteiger partial charge in [0.25, 0.3) is 0 Å². The summed E-state index contributed by atoms with van der Waals surface area (Å²) in [7, 11) is 1.49. The molecule has 1 rings (SSSR count). The molecule has 1 aromatic carbocycles. The van der Waals surface area contributed by atoms with E-state index in [1.807, 2.05) is 12.1 Å². The molecular weight excluding hydrogens is 258 g/mol. The summed E-state index contributed by atoms with van der Waals surface area (Å²) in [5.41, 5.74) is 1.38. The summed E-state index contributed by atoms with van der Waals surface area (Å²) in [5, 5.41) is 13.7. The van der Waals surface area contributed by atoms with Crippen LogP contribution in [-0.4, -0.2) is 31.5 Å². The van der Waals surface area contributed by atoms with Gasteiger partial charge in [-0.05, 0) is 24.6 Å². The molecule has 106 valence electrons. The van der Waals surface area contributed by atoms with Gasteiger partial charge in [-0.25, -0.2) is 0 Å². The first-order valence-corrected chi connectivity index (χ1v) is 6.14. The van der Waals surface area contributed by atoms with Gasteiger partial charge in [0.15, 0.2) is 0 Å². The zero-order valence-electron chi connectivity index (χ0n) is 11.4. The van der Waals surface area contributed by atoms with E-state index < -0.39 is 12.1 Å². The molecule has 0 heterocycles. The van der Waals surface area contributed by atoms with Crippen molar-refractivity contribution < 1.29 is 14.3 Å². The van der Waals surface area contributed by atoms with Crippen LogP contribution >= 0.6 is 0 Å². The van der Waals surface area contributed by atoms with E-state index in [0.717, 1.165) is 5.56 Å². The molecule has 0 spiro atoms. The second-order valence-corrected chi connectivity index (χ2v) is 4.20. The van der Waals surface area contributed by atoms with E-state index in [0.29, 0.717) is 12.0 Å². The average molecular weight is 275 g/mol. The van der Waals surface area contributed by atoms with E-state index >= 15 is 0 Å².